The smallest absolute Gasteiger partial charge is 0.347 e. The van der Waals surface area contributed by atoms with E-state index in [1.165, 1.54) is 19.1 Å². The zero-order valence-electron chi connectivity index (χ0n) is 35.0. The first kappa shape index (κ1) is 53.3. The first-order valence-electron chi connectivity index (χ1n) is 18.5. The maximum atomic E-state index is 12.5. The van der Waals surface area contributed by atoms with Gasteiger partial charge in [-0.2, -0.15) is 0 Å². The Balaban J connectivity index is 2.57. The zero-order chi connectivity index (χ0) is 46.9. The summed E-state index contributed by atoms with van der Waals surface area (Å²) in [6, 6.07) is 2.65. The quantitative estimate of drug-likeness (QED) is 0.0658. The average molecular weight is 908 g/mol. The van der Waals surface area contributed by atoms with Gasteiger partial charge in [0.1, 0.15) is 10.8 Å². The molecule has 0 aliphatic carbocycles. The third-order valence-electron chi connectivity index (χ3n) is 7.69. The first-order chi connectivity index (χ1) is 28.4. The van der Waals surface area contributed by atoms with E-state index in [2.05, 4.69) is 6.58 Å². The second kappa shape index (κ2) is 25.1. The van der Waals surface area contributed by atoms with Crippen LogP contribution in [0.3, 0.4) is 0 Å². The van der Waals surface area contributed by atoms with Gasteiger partial charge in [-0.25, -0.2) is 43.2 Å². The highest BCUT2D eigenvalue weighted by Gasteiger charge is 2.33. The lowest BCUT2D eigenvalue weighted by atomic mass is 10.0. The lowest BCUT2D eigenvalue weighted by Gasteiger charge is -2.21. The third kappa shape index (κ3) is 17.0. The Labute approximate surface area is 360 Å². The number of esters is 9. The number of ether oxygens (including phenoxy) is 10. The van der Waals surface area contributed by atoms with Gasteiger partial charge in [-0.3, -0.25) is 4.79 Å². The van der Waals surface area contributed by atoms with Crippen LogP contribution in [-0.2, 0) is 85.8 Å². The summed E-state index contributed by atoms with van der Waals surface area (Å²) in [5.74, 6) is -10.7. The van der Waals surface area contributed by atoms with Crippen LogP contribution in [0.25, 0.3) is 0 Å². The Morgan fingerprint density at radius 2 is 0.803 bits per heavy atom. The molecule has 0 aromatic heterocycles. The van der Waals surface area contributed by atoms with Gasteiger partial charge in [0.15, 0.2) is 61.2 Å². The second-order valence-corrected chi connectivity index (χ2v) is 13.5. The van der Waals surface area contributed by atoms with Gasteiger partial charge in [-0.15, -0.1) is 0 Å². The van der Waals surface area contributed by atoms with Crippen molar-refractivity contribution in [3.8, 4) is 5.75 Å². The van der Waals surface area contributed by atoms with Crippen molar-refractivity contribution in [1.29, 1.82) is 0 Å². The Kier molecular flexibility index (Phi) is 21.9. The largest absolute Gasteiger partial charge is 0.480 e. The van der Waals surface area contributed by atoms with Crippen LogP contribution < -0.4 is 4.74 Å². The minimum Gasteiger partial charge on any atom is -0.480 e. The number of halogens is 2. The van der Waals surface area contributed by atoms with Gasteiger partial charge in [0.05, 0.1) is 11.6 Å². The van der Waals surface area contributed by atoms with Crippen LogP contribution in [0, 0.1) is 0 Å². The summed E-state index contributed by atoms with van der Waals surface area (Å²) in [7, 11) is 0. The molecule has 338 valence electrons. The Morgan fingerprint density at radius 1 is 0.492 bits per heavy atom. The molecule has 0 aliphatic rings. The Hall–Kier alpha value is -5.76. The highest BCUT2D eigenvalue weighted by molar-refractivity contribution is 6.45. The second-order valence-electron chi connectivity index (χ2n) is 12.8. The molecule has 0 bridgehead atoms. The summed E-state index contributed by atoms with van der Waals surface area (Å²) >= 11 is 12.4. The molecule has 0 unspecified atom stereocenters. The molecular formula is C39H48Cl2O20. The molecule has 0 N–H and O–H groups in total. The zero-order valence-corrected chi connectivity index (χ0v) is 36.5. The number of carbonyl (C=O) groups is 10. The van der Waals surface area contributed by atoms with Crippen LogP contribution in [0.2, 0.25) is 10.0 Å². The monoisotopic (exact) mass is 906 g/mol. The average Bonchev–Trinajstić information content (AvgIpc) is 3.20. The Bertz CT molecular complexity index is 1840. The van der Waals surface area contributed by atoms with Crippen molar-refractivity contribution in [3.63, 3.8) is 0 Å². The number of allylic oxidation sites excluding steroid dienone is 1. The van der Waals surface area contributed by atoms with Crippen LogP contribution in [0.1, 0.15) is 86.0 Å². The molecule has 0 heterocycles. The third-order valence-corrected chi connectivity index (χ3v) is 8.55. The lowest BCUT2D eigenvalue weighted by Crippen LogP contribution is -2.39. The predicted molar refractivity (Wildman–Crippen MR) is 207 cm³/mol. The molecule has 1 aromatic rings. The molecule has 22 heteroatoms. The number of rotatable bonds is 23. The number of ketones is 1. The molecule has 0 spiro atoms. The molecule has 0 saturated carbocycles. The maximum Gasteiger partial charge on any atom is 0.347 e. The minimum absolute atomic E-state index is 0.0461. The van der Waals surface area contributed by atoms with Gasteiger partial charge in [-0.05, 0) is 86.4 Å². The van der Waals surface area contributed by atoms with E-state index in [4.69, 9.17) is 70.6 Å². The van der Waals surface area contributed by atoms with Gasteiger partial charge >= 0.3 is 53.7 Å². The van der Waals surface area contributed by atoms with Crippen LogP contribution in [0.15, 0.2) is 24.3 Å². The number of benzene rings is 1. The number of Topliss-reactive ketones (excluding diaryl/α,β-unsaturated/α-hetero) is 1. The molecule has 0 amide bonds. The van der Waals surface area contributed by atoms with Crippen molar-refractivity contribution in [2.45, 2.75) is 124 Å². The van der Waals surface area contributed by atoms with Crippen molar-refractivity contribution < 1.29 is 95.3 Å². The summed E-state index contributed by atoms with van der Waals surface area (Å²) in [5, 5.41) is -0.275. The van der Waals surface area contributed by atoms with E-state index in [9.17, 15) is 47.9 Å². The molecule has 0 radical (unpaired) electrons. The van der Waals surface area contributed by atoms with Crippen LogP contribution >= 0.6 is 23.2 Å². The van der Waals surface area contributed by atoms with Crippen LogP contribution in [-0.4, -0.2) is 122 Å². The van der Waals surface area contributed by atoms with E-state index in [1.807, 2.05) is 0 Å². The summed E-state index contributed by atoms with van der Waals surface area (Å²) in [6.45, 7) is 15.2. The highest BCUT2D eigenvalue weighted by atomic mass is 35.5. The number of hydrogen-bond donors (Lipinski definition) is 0. The molecule has 20 nitrogen and oxygen atoms in total. The van der Waals surface area contributed by atoms with Crippen molar-refractivity contribution >= 4 is 82.7 Å². The van der Waals surface area contributed by atoms with Crippen molar-refractivity contribution in [2.75, 3.05) is 13.2 Å². The summed E-state index contributed by atoms with van der Waals surface area (Å²) in [5.41, 5.74) is 0.386. The van der Waals surface area contributed by atoms with Crippen LogP contribution in [0.4, 0.5) is 0 Å². The van der Waals surface area contributed by atoms with Crippen LogP contribution in [0.5, 0.6) is 5.75 Å². The van der Waals surface area contributed by atoms with Gasteiger partial charge in [-0.1, -0.05) is 36.7 Å². The topological polar surface area (TPSA) is 263 Å². The summed E-state index contributed by atoms with van der Waals surface area (Å²) < 4.78 is 49.5. The van der Waals surface area contributed by atoms with E-state index >= 15 is 0 Å². The molecule has 8 atom stereocenters. The number of hydrogen-bond acceptors (Lipinski definition) is 20. The van der Waals surface area contributed by atoms with Crippen molar-refractivity contribution in [3.05, 3.63) is 39.9 Å². The molecule has 0 aliphatic heterocycles. The highest BCUT2D eigenvalue weighted by Crippen LogP contribution is 2.36. The molecule has 1 rings (SSSR count). The Morgan fingerprint density at radius 3 is 1.11 bits per heavy atom. The van der Waals surface area contributed by atoms with E-state index in [-0.39, 0.29) is 28.0 Å². The van der Waals surface area contributed by atoms with E-state index in [0.29, 0.717) is 12.0 Å². The van der Waals surface area contributed by atoms with Gasteiger partial charge in [0.2, 0.25) is 0 Å². The molecule has 61 heavy (non-hydrogen) atoms. The fourth-order valence-electron chi connectivity index (χ4n) is 4.07. The fourth-order valence-corrected chi connectivity index (χ4v) is 4.53. The predicted octanol–water partition coefficient (Wildman–Crippen LogP) is 3.54. The fraction of sp³-hybridized carbons (Fsp3) is 0.538. The summed E-state index contributed by atoms with van der Waals surface area (Å²) in [4.78, 5) is 123. The SMILES string of the molecule is C=C(CC)C(=O)c1ccc(OCC(=O)O[C@@H](C)C(=O)O[C@@H](C)C(=O)O[C@@H](C)C(=O)O[C@@H](C)C(=O)O[C@@H](C)C(=O)O[C@@H](C)C(=O)O[C@@H](C)C(=O)O[C@@H](C)C(=O)OCC)c(Cl)c1Cl. The molecule has 0 saturated heterocycles. The minimum atomic E-state index is -1.66. The molecule has 0 fully saturated rings. The van der Waals surface area contributed by atoms with Crippen molar-refractivity contribution in [2.24, 2.45) is 0 Å². The van der Waals surface area contributed by atoms with Gasteiger partial charge in [0.25, 0.3) is 0 Å². The van der Waals surface area contributed by atoms with E-state index in [1.54, 1.807) is 13.8 Å². The first-order valence-corrected chi connectivity index (χ1v) is 19.2. The lowest BCUT2D eigenvalue weighted by molar-refractivity contribution is -0.189. The molecule has 1 aromatic carbocycles. The number of carbonyl (C=O) groups excluding carboxylic acids is 10. The van der Waals surface area contributed by atoms with Gasteiger partial charge in [0, 0.05) is 5.56 Å². The van der Waals surface area contributed by atoms with E-state index in [0.717, 1.165) is 48.5 Å². The standard InChI is InChI=1S/C39H48Cl2O20/c1-12-17(3)31(43)26-14-15-27(30(41)29(26)40)53-16-28(42)54-19(5)33(45)56-21(7)35(47)58-23(9)37(49)60-25(11)39(51)61-24(10)38(50)59-22(8)36(48)57-20(6)34(46)55-18(4)32(44)52-13-2/h14-15,18-25H,3,12-13,16H2,1-2,4-11H3/t18-,19-,20-,21-,22-,23-,24-,25-/m0/s1. The van der Waals surface area contributed by atoms with E-state index < -0.39 is 115 Å². The molecular weight excluding hydrogens is 859 g/mol. The van der Waals surface area contributed by atoms with Gasteiger partial charge < -0.3 is 47.4 Å². The maximum absolute atomic E-state index is 12.5. The summed E-state index contributed by atoms with van der Waals surface area (Å²) in [6.07, 6.45) is -12.1. The normalized spacial score (nSPS) is 14.6. The van der Waals surface area contributed by atoms with Crippen molar-refractivity contribution in [1.82, 2.24) is 0 Å².